The van der Waals surface area contributed by atoms with Crippen LogP contribution in [-0.2, 0) is 9.59 Å². The van der Waals surface area contributed by atoms with E-state index in [1.807, 2.05) is 13.8 Å². The predicted molar refractivity (Wildman–Crippen MR) is 100 cm³/mol. The van der Waals surface area contributed by atoms with Crippen LogP contribution in [0.3, 0.4) is 0 Å². The third kappa shape index (κ3) is 2.77. The van der Waals surface area contributed by atoms with Gasteiger partial charge in [-0.25, -0.2) is 0 Å². The summed E-state index contributed by atoms with van der Waals surface area (Å²) in [4.78, 5) is 37.2. The Kier molecular flexibility index (Phi) is 4.40. The highest BCUT2D eigenvalue weighted by Gasteiger charge is 2.57. The molecule has 7 nitrogen and oxygen atoms in total. The van der Waals surface area contributed by atoms with Crippen LogP contribution in [0.1, 0.15) is 44.0 Å². The number of anilines is 1. The highest BCUT2D eigenvalue weighted by atomic mass is 16.7. The van der Waals surface area contributed by atoms with Gasteiger partial charge in [-0.3, -0.25) is 14.4 Å². The molecular formula is C21H23NO6. The Bertz CT molecular complexity index is 914. The van der Waals surface area contributed by atoms with Crippen molar-refractivity contribution >= 4 is 23.3 Å². The van der Waals surface area contributed by atoms with Gasteiger partial charge in [0.2, 0.25) is 12.7 Å². The number of Topliss-reactive ketones (excluding diaryl/α,β-unsaturated/α-hetero) is 1. The Balaban J connectivity index is 1.68. The third-order valence-corrected chi connectivity index (χ3v) is 6.16. The molecule has 0 aromatic heterocycles. The first-order valence-corrected chi connectivity index (χ1v) is 9.45. The molecular weight excluding hydrogens is 362 g/mol. The third-order valence-electron chi connectivity index (χ3n) is 6.16. The monoisotopic (exact) mass is 385 g/mol. The van der Waals surface area contributed by atoms with Crippen molar-refractivity contribution in [1.82, 2.24) is 0 Å². The maximum Gasteiger partial charge on any atom is 0.307 e. The number of nitrogens with one attached hydrogen (secondary N) is 1. The molecule has 7 heteroatoms. The molecule has 1 aromatic carbocycles. The topological polar surface area (TPSA) is 102 Å². The van der Waals surface area contributed by atoms with Gasteiger partial charge < -0.3 is 19.9 Å². The number of rotatable bonds is 4. The molecule has 0 spiro atoms. The zero-order valence-corrected chi connectivity index (χ0v) is 16.1. The van der Waals surface area contributed by atoms with Gasteiger partial charge in [0.15, 0.2) is 17.3 Å². The van der Waals surface area contributed by atoms with Crippen molar-refractivity contribution in [2.75, 3.05) is 12.1 Å². The number of allylic oxidation sites excluding steroid dienone is 2. The fraction of sp³-hybridized carbons (Fsp3) is 0.476. The molecule has 0 unspecified atom stereocenters. The zero-order chi connectivity index (χ0) is 20.2. The van der Waals surface area contributed by atoms with Gasteiger partial charge in [0.05, 0.1) is 17.5 Å². The lowest BCUT2D eigenvalue weighted by Gasteiger charge is -2.26. The van der Waals surface area contributed by atoms with Crippen LogP contribution in [0.5, 0.6) is 11.5 Å². The molecule has 1 heterocycles. The van der Waals surface area contributed by atoms with Gasteiger partial charge in [-0.1, -0.05) is 11.1 Å². The van der Waals surface area contributed by atoms with Gasteiger partial charge in [0.25, 0.3) is 0 Å². The van der Waals surface area contributed by atoms with Crippen LogP contribution in [0.25, 0.3) is 0 Å². The number of carbonyl (C=O) groups excluding carboxylic acids is 2. The highest BCUT2D eigenvalue weighted by molar-refractivity contribution is 6.06. The summed E-state index contributed by atoms with van der Waals surface area (Å²) < 4.78 is 10.7. The van der Waals surface area contributed by atoms with Crippen molar-refractivity contribution in [3.63, 3.8) is 0 Å². The number of amides is 1. The Morgan fingerprint density at radius 2 is 1.61 bits per heavy atom. The minimum atomic E-state index is -0.941. The van der Waals surface area contributed by atoms with Crippen molar-refractivity contribution in [2.24, 2.45) is 23.7 Å². The lowest BCUT2D eigenvalue weighted by atomic mass is 9.78. The normalized spacial score (nSPS) is 27.0. The summed E-state index contributed by atoms with van der Waals surface area (Å²) in [5.41, 5.74) is 2.86. The number of carboxylic acids is 1. The van der Waals surface area contributed by atoms with Crippen molar-refractivity contribution in [1.29, 1.82) is 0 Å². The molecule has 1 aromatic rings. The molecule has 4 rings (SSSR count). The van der Waals surface area contributed by atoms with Crippen LogP contribution in [0.2, 0.25) is 0 Å². The van der Waals surface area contributed by atoms with Crippen molar-refractivity contribution in [3.8, 4) is 11.5 Å². The number of hydrogen-bond donors (Lipinski definition) is 2. The summed E-state index contributed by atoms with van der Waals surface area (Å²) in [5, 5.41) is 12.6. The van der Waals surface area contributed by atoms with E-state index in [1.54, 1.807) is 12.1 Å². The van der Waals surface area contributed by atoms with Crippen LogP contribution < -0.4 is 14.8 Å². The summed E-state index contributed by atoms with van der Waals surface area (Å²) in [7, 11) is 0. The number of hydrogen-bond acceptors (Lipinski definition) is 5. The Morgan fingerprint density at radius 3 is 2.18 bits per heavy atom. The maximum absolute atomic E-state index is 13.2. The summed E-state index contributed by atoms with van der Waals surface area (Å²) >= 11 is 0. The molecule has 2 N–H and O–H groups in total. The lowest BCUT2D eigenvalue weighted by molar-refractivity contribution is -0.148. The lowest BCUT2D eigenvalue weighted by Crippen LogP contribution is -2.38. The number of fused-ring (bicyclic) bond motifs is 3. The fourth-order valence-electron chi connectivity index (χ4n) is 5.16. The smallest absolute Gasteiger partial charge is 0.307 e. The van der Waals surface area contributed by atoms with E-state index in [4.69, 9.17) is 9.47 Å². The molecule has 0 radical (unpaired) electrons. The van der Waals surface area contributed by atoms with E-state index in [0.717, 1.165) is 24.0 Å². The Morgan fingerprint density at radius 1 is 1.00 bits per heavy atom. The van der Waals surface area contributed by atoms with Crippen LogP contribution in [-0.4, -0.2) is 29.6 Å². The SMILES string of the molecule is CC(=O)c1cc2c(cc1NC(=O)[C@H]1[C@@H](C(=O)O)[C@H]3CC[C@@H]1C3=C(C)C)OCO2. The number of benzene rings is 1. The molecule has 2 aliphatic carbocycles. The van der Waals surface area contributed by atoms with E-state index in [2.05, 4.69) is 5.32 Å². The average molecular weight is 385 g/mol. The second kappa shape index (κ2) is 6.65. The standard InChI is InChI=1S/C21H23NO6/c1-9(2)17-11-4-5-12(17)19(21(25)26)18(11)20(24)22-14-7-16-15(27-8-28-16)6-13(14)10(3)23/h6-7,11-12,18-19H,4-5,8H2,1-3H3,(H,22,24)(H,25,26)/t11-,12+,18-,19+/m1/s1. The molecule has 4 atom stereocenters. The Labute approximate surface area is 162 Å². The average Bonchev–Trinajstić information content (AvgIpc) is 3.32. The van der Waals surface area contributed by atoms with Crippen molar-refractivity contribution in [2.45, 2.75) is 33.6 Å². The van der Waals surface area contributed by atoms with Crippen LogP contribution in [0.4, 0.5) is 5.69 Å². The highest BCUT2D eigenvalue weighted by Crippen LogP contribution is 2.57. The van der Waals surface area contributed by atoms with Gasteiger partial charge in [-0.05, 0) is 51.5 Å². The Hall–Kier alpha value is -2.83. The molecule has 2 fully saturated rings. The first-order valence-electron chi connectivity index (χ1n) is 9.45. The minimum Gasteiger partial charge on any atom is -0.481 e. The van der Waals surface area contributed by atoms with Gasteiger partial charge in [0.1, 0.15) is 0 Å². The van der Waals surface area contributed by atoms with Crippen LogP contribution >= 0.6 is 0 Å². The van der Waals surface area contributed by atoms with Crippen LogP contribution in [0, 0.1) is 23.7 Å². The molecule has 148 valence electrons. The van der Waals surface area contributed by atoms with Crippen molar-refractivity contribution in [3.05, 3.63) is 28.8 Å². The van der Waals surface area contributed by atoms with Gasteiger partial charge in [-0.15, -0.1) is 0 Å². The molecule has 2 bridgehead atoms. The van der Waals surface area contributed by atoms with Crippen LogP contribution in [0.15, 0.2) is 23.3 Å². The van der Waals surface area contributed by atoms with E-state index < -0.39 is 17.8 Å². The second-order valence-corrected chi connectivity index (χ2v) is 7.93. The summed E-state index contributed by atoms with van der Waals surface area (Å²) in [6.07, 6.45) is 1.61. The first-order chi connectivity index (χ1) is 13.3. The molecule has 3 aliphatic rings. The predicted octanol–water partition coefficient (Wildman–Crippen LogP) is 3.25. The number of aliphatic carboxylic acids is 1. The van der Waals surface area contributed by atoms with E-state index >= 15 is 0 Å². The summed E-state index contributed by atoms with van der Waals surface area (Å²) in [5.74, 6) is -2.15. The molecule has 1 amide bonds. The minimum absolute atomic E-state index is 0.0570. The van der Waals surface area contributed by atoms with E-state index in [-0.39, 0.29) is 30.3 Å². The largest absolute Gasteiger partial charge is 0.481 e. The van der Waals surface area contributed by atoms with E-state index in [0.29, 0.717) is 22.7 Å². The maximum atomic E-state index is 13.2. The van der Waals surface area contributed by atoms with E-state index in [9.17, 15) is 19.5 Å². The molecule has 1 aliphatic heterocycles. The second-order valence-electron chi connectivity index (χ2n) is 7.93. The summed E-state index contributed by atoms with van der Waals surface area (Å²) in [6.45, 7) is 5.42. The molecule has 0 saturated heterocycles. The quantitative estimate of drug-likeness (QED) is 0.609. The number of carbonyl (C=O) groups is 3. The van der Waals surface area contributed by atoms with E-state index in [1.165, 1.54) is 6.92 Å². The van der Waals surface area contributed by atoms with Gasteiger partial charge in [-0.2, -0.15) is 0 Å². The van der Waals surface area contributed by atoms with Gasteiger partial charge >= 0.3 is 5.97 Å². The number of carboxylic acid groups (broad SMARTS) is 1. The molecule has 2 saturated carbocycles. The fourth-order valence-corrected chi connectivity index (χ4v) is 5.16. The van der Waals surface area contributed by atoms with Crippen molar-refractivity contribution < 1.29 is 29.0 Å². The first kappa shape index (κ1) is 18.5. The summed E-state index contributed by atoms with van der Waals surface area (Å²) in [6, 6.07) is 3.12. The zero-order valence-electron chi connectivity index (χ0n) is 16.1. The number of ketones is 1. The number of ether oxygens (including phenoxy) is 2. The molecule has 28 heavy (non-hydrogen) atoms. The van der Waals surface area contributed by atoms with Gasteiger partial charge in [0, 0.05) is 11.6 Å².